The van der Waals surface area contributed by atoms with Crippen LogP contribution >= 0.6 is 11.6 Å². The second-order valence-electron chi connectivity index (χ2n) is 7.73. The Morgan fingerprint density at radius 2 is 1.97 bits per heavy atom. The van der Waals surface area contributed by atoms with Gasteiger partial charge in [-0.05, 0) is 56.0 Å². The lowest BCUT2D eigenvalue weighted by Crippen LogP contribution is -2.43. The molecule has 2 heterocycles. The zero-order chi connectivity index (χ0) is 20.9. The number of nitrogens with two attached hydrogens (primary N) is 1. The molecule has 1 aromatic carbocycles. The maximum atomic E-state index is 12.3. The van der Waals surface area contributed by atoms with E-state index in [0.29, 0.717) is 18.1 Å². The summed E-state index contributed by atoms with van der Waals surface area (Å²) in [7, 11) is 0. The van der Waals surface area contributed by atoms with E-state index in [2.05, 4.69) is 34.5 Å². The Kier molecular flexibility index (Phi) is 6.55. The van der Waals surface area contributed by atoms with Gasteiger partial charge in [-0.2, -0.15) is 0 Å². The van der Waals surface area contributed by atoms with Gasteiger partial charge in [0.15, 0.2) is 5.82 Å². The molecular formula is C23H28ClN5O. The number of allylic oxidation sites excluding steroid dienone is 2. The fraction of sp³-hybridized carbons (Fsp3) is 0.391. The van der Waals surface area contributed by atoms with Crippen molar-refractivity contribution in [2.45, 2.75) is 25.7 Å². The van der Waals surface area contributed by atoms with Crippen molar-refractivity contribution in [2.24, 2.45) is 11.7 Å². The molecule has 30 heavy (non-hydrogen) atoms. The number of carbonyl (C=O) groups is 1. The lowest BCUT2D eigenvalue weighted by atomic mass is 9.96. The van der Waals surface area contributed by atoms with Gasteiger partial charge in [0, 0.05) is 42.3 Å². The molecular weight excluding hydrogens is 398 g/mol. The van der Waals surface area contributed by atoms with E-state index in [1.165, 1.54) is 0 Å². The van der Waals surface area contributed by atoms with Gasteiger partial charge in [-0.1, -0.05) is 29.8 Å². The molecule has 0 spiro atoms. The van der Waals surface area contributed by atoms with Crippen molar-refractivity contribution in [1.29, 1.82) is 0 Å². The molecule has 6 nitrogen and oxygen atoms in total. The predicted molar refractivity (Wildman–Crippen MR) is 122 cm³/mol. The van der Waals surface area contributed by atoms with Gasteiger partial charge in [0.1, 0.15) is 0 Å². The quantitative estimate of drug-likeness (QED) is 0.764. The number of benzene rings is 1. The summed E-state index contributed by atoms with van der Waals surface area (Å²) >= 11 is 6.09. The van der Waals surface area contributed by atoms with Gasteiger partial charge in [-0.25, -0.2) is 4.68 Å². The number of halogens is 1. The Bertz CT molecular complexity index is 1030. The molecule has 0 bridgehead atoms. The van der Waals surface area contributed by atoms with E-state index < -0.39 is 0 Å². The molecule has 1 fully saturated rings. The Hall–Kier alpha value is -2.57. The van der Waals surface area contributed by atoms with Crippen LogP contribution in [0.15, 0.2) is 36.4 Å². The fourth-order valence-corrected chi connectivity index (χ4v) is 4.20. The van der Waals surface area contributed by atoms with Gasteiger partial charge >= 0.3 is 0 Å². The largest absolute Gasteiger partial charge is 0.355 e. The molecule has 7 heteroatoms. The maximum Gasteiger partial charge on any atom is 0.223 e. The van der Waals surface area contributed by atoms with Gasteiger partial charge in [0.2, 0.25) is 5.91 Å². The van der Waals surface area contributed by atoms with E-state index in [4.69, 9.17) is 22.4 Å². The van der Waals surface area contributed by atoms with Crippen molar-refractivity contribution in [2.75, 3.05) is 31.1 Å². The van der Waals surface area contributed by atoms with Crippen molar-refractivity contribution >= 4 is 35.5 Å². The molecule has 2 aromatic rings. The van der Waals surface area contributed by atoms with Crippen LogP contribution in [0.2, 0.25) is 5.02 Å². The van der Waals surface area contributed by atoms with Crippen LogP contribution in [0.1, 0.15) is 25.7 Å². The molecule has 1 aliphatic carbocycles. The van der Waals surface area contributed by atoms with Gasteiger partial charge in [0.05, 0.1) is 11.0 Å². The second-order valence-corrected chi connectivity index (χ2v) is 8.16. The SMILES string of the molecule is NCCNC(=O)C1CCN(c2nn(-c3ccc(Cl)cc3)c3/c2=C\C=C/CC\C=3)CC1. The lowest BCUT2D eigenvalue weighted by molar-refractivity contribution is -0.125. The summed E-state index contributed by atoms with van der Waals surface area (Å²) in [6.45, 7) is 2.62. The summed E-state index contributed by atoms with van der Waals surface area (Å²) in [6, 6.07) is 7.77. The van der Waals surface area contributed by atoms with Crippen molar-refractivity contribution in [3.8, 4) is 5.69 Å². The molecule has 1 amide bonds. The first kappa shape index (κ1) is 20.7. The molecule has 0 radical (unpaired) electrons. The number of nitrogens with one attached hydrogen (secondary N) is 1. The minimum absolute atomic E-state index is 0.0448. The van der Waals surface area contributed by atoms with E-state index in [0.717, 1.165) is 60.8 Å². The zero-order valence-corrected chi connectivity index (χ0v) is 17.8. The van der Waals surface area contributed by atoms with E-state index in [-0.39, 0.29) is 11.8 Å². The van der Waals surface area contributed by atoms with Crippen LogP contribution in [-0.2, 0) is 4.79 Å². The van der Waals surface area contributed by atoms with Crippen molar-refractivity contribution in [3.63, 3.8) is 0 Å². The average molecular weight is 426 g/mol. The summed E-state index contributed by atoms with van der Waals surface area (Å²) in [4.78, 5) is 14.6. The number of amides is 1. The molecule has 1 saturated heterocycles. The van der Waals surface area contributed by atoms with Gasteiger partial charge < -0.3 is 16.0 Å². The monoisotopic (exact) mass is 425 g/mol. The minimum Gasteiger partial charge on any atom is -0.355 e. The van der Waals surface area contributed by atoms with Crippen LogP contribution in [0.4, 0.5) is 5.82 Å². The molecule has 4 rings (SSSR count). The highest BCUT2D eigenvalue weighted by Crippen LogP contribution is 2.21. The molecule has 3 N–H and O–H groups in total. The number of piperidine rings is 1. The highest BCUT2D eigenvalue weighted by Gasteiger charge is 2.27. The predicted octanol–water partition coefficient (Wildman–Crippen LogP) is 1.73. The van der Waals surface area contributed by atoms with Crippen LogP contribution in [0.25, 0.3) is 17.8 Å². The lowest BCUT2D eigenvalue weighted by Gasteiger charge is -2.31. The zero-order valence-electron chi connectivity index (χ0n) is 17.1. The number of hydrogen-bond donors (Lipinski definition) is 2. The van der Waals surface area contributed by atoms with Crippen molar-refractivity contribution in [3.05, 3.63) is 52.0 Å². The summed E-state index contributed by atoms with van der Waals surface area (Å²) in [5.41, 5.74) is 6.49. The normalized spacial score (nSPS) is 20.1. The smallest absolute Gasteiger partial charge is 0.223 e. The summed E-state index contributed by atoms with van der Waals surface area (Å²) in [5.74, 6) is 1.14. The fourth-order valence-electron chi connectivity index (χ4n) is 4.07. The molecule has 1 aromatic heterocycles. The second kappa shape index (κ2) is 9.49. The highest BCUT2D eigenvalue weighted by molar-refractivity contribution is 6.30. The van der Waals surface area contributed by atoms with Crippen molar-refractivity contribution in [1.82, 2.24) is 15.1 Å². The molecule has 2 aliphatic rings. The Labute approximate surface area is 181 Å². The highest BCUT2D eigenvalue weighted by atomic mass is 35.5. The van der Waals surface area contributed by atoms with Gasteiger partial charge in [-0.15, -0.1) is 5.10 Å². The van der Waals surface area contributed by atoms with Crippen LogP contribution in [0.5, 0.6) is 0 Å². The third kappa shape index (κ3) is 4.45. The summed E-state index contributed by atoms with van der Waals surface area (Å²) < 4.78 is 2.01. The third-order valence-corrected chi connectivity index (χ3v) is 5.94. The number of fused-ring (bicyclic) bond motifs is 1. The number of aromatic nitrogens is 2. The van der Waals surface area contributed by atoms with Crippen LogP contribution in [0, 0.1) is 5.92 Å². The van der Waals surface area contributed by atoms with E-state index in [1.54, 1.807) is 0 Å². The number of rotatable bonds is 5. The van der Waals surface area contributed by atoms with E-state index in [1.807, 2.05) is 28.9 Å². The standard InChI is InChI=1S/C23H28ClN5O/c24-18-7-9-19(10-8-18)29-21-6-4-2-1-3-5-20(21)22(27-29)28-15-11-17(12-16-28)23(30)26-14-13-25/h1,3,5-10,17H,2,4,11-16,25H2,(H,26,30)/b3-1-,20-5+,21-6+. The maximum absolute atomic E-state index is 12.3. The summed E-state index contributed by atoms with van der Waals surface area (Å²) in [6.07, 6.45) is 12.3. The van der Waals surface area contributed by atoms with Crippen LogP contribution in [-0.4, -0.2) is 41.9 Å². The number of anilines is 1. The van der Waals surface area contributed by atoms with Crippen LogP contribution in [0.3, 0.4) is 0 Å². The first-order valence-corrected chi connectivity index (χ1v) is 11.0. The molecule has 158 valence electrons. The minimum atomic E-state index is 0.0448. The first-order valence-electron chi connectivity index (χ1n) is 10.6. The van der Waals surface area contributed by atoms with E-state index in [9.17, 15) is 4.79 Å². The molecule has 1 aliphatic heterocycles. The third-order valence-electron chi connectivity index (χ3n) is 5.69. The number of nitrogens with zero attached hydrogens (tertiary/aromatic N) is 3. The van der Waals surface area contributed by atoms with Crippen LogP contribution < -0.4 is 26.5 Å². The molecule has 0 atom stereocenters. The Morgan fingerprint density at radius 1 is 1.20 bits per heavy atom. The topological polar surface area (TPSA) is 76.2 Å². The number of carbonyl (C=O) groups excluding carboxylic acids is 1. The van der Waals surface area contributed by atoms with Gasteiger partial charge in [-0.3, -0.25) is 4.79 Å². The average Bonchev–Trinajstić information content (AvgIpc) is 3.09. The molecule has 0 saturated carbocycles. The summed E-state index contributed by atoms with van der Waals surface area (Å²) in [5, 5.41) is 10.9. The number of hydrogen-bond acceptors (Lipinski definition) is 4. The van der Waals surface area contributed by atoms with Gasteiger partial charge in [0.25, 0.3) is 0 Å². The van der Waals surface area contributed by atoms with E-state index >= 15 is 0 Å². The van der Waals surface area contributed by atoms with Crippen molar-refractivity contribution < 1.29 is 4.79 Å². The Morgan fingerprint density at radius 3 is 2.70 bits per heavy atom. The first-order chi connectivity index (χ1) is 14.7. The Balaban J connectivity index is 1.65. The molecule has 0 unspecified atom stereocenters.